The number of nitrogens with zero attached hydrogens (tertiary/aromatic N) is 5. The first-order valence-electron chi connectivity index (χ1n) is 7.35. The Labute approximate surface area is 125 Å². The van der Waals surface area contributed by atoms with E-state index in [1.807, 2.05) is 18.6 Å². The van der Waals surface area contributed by atoms with Gasteiger partial charge in [-0.15, -0.1) is 0 Å². The van der Waals surface area contributed by atoms with Gasteiger partial charge in [0.2, 0.25) is 0 Å². The first-order valence-corrected chi connectivity index (χ1v) is 7.35. The van der Waals surface area contributed by atoms with Crippen molar-refractivity contribution in [3.05, 3.63) is 42.0 Å². The maximum atomic E-state index is 4.56. The van der Waals surface area contributed by atoms with Crippen molar-refractivity contribution in [2.45, 2.75) is 25.4 Å². The van der Waals surface area contributed by atoms with Crippen LogP contribution in [0.2, 0.25) is 0 Å². The van der Waals surface area contributed by atoms with E-state index in [1.54, 1.807) is 6.33 Å². The molecule has 0 saturated carbocycles. The molecule has 21 heavy (non-hydrogen) atoms. The third kappa shape index (κ3) is 3.65. The first-order chi connectivity index (χ1) is 10.2. The molecule has 1 saturated heterocycles. The molecule has 2 aromatic rings. The summed E-state index contributed by atoms with van der Waals surface area (Å²) in [5.41, 5.74) is 2.36. The summed E-state index contributed by atoms with van der Waals surface area (Å²) in [6.45, 7) is 3.97. The number of aromatic nitrogens is 4. The molecular formula is C15H22N6. The van der Waals surface area contributed by atoms with Gasteiger partial charge in [0.25, 0.3) is 0 Å². The molecule has 0 aliphatic carbocycles. The summed E-state index contributed by atoms with van der Waals surface area (Å²) < 4.78 is 0. The summed E-state index contributed by atoms with van der Waals surface area (Å²) in [6, 6.07) is 0. The Morgan fingerprint density at radius 1 is 1.29 bits per heavy atom. The van der Waals surface area contributed by atoms with Gasteiger partial charge in [0.15, 0.2) is 0 Å². The number of imidazole rings is 1. The van der Waals surface area contributed by atoms with Gasteiger partial charge in [-0.2, -0.15) is 0 Å². The minimum absolute atomic E-state index is 0.505. The second-order valence-electron chi connectivity index (χ2n) is 6.00. The third-order valence-corrected chi connectivity index (χ3v) is 3.81. The summed E-state index contributed by atoms with van der Waals surface area (Å²) in [6.07, 6.45) is 8.47. The highest BCUT2D eigenvalue weighted by molar-refractivity contribution is 5.09. The van der Waals surface area contributed by atoms with Gasteiger partial charge in [-0.25, -0.2) is 15.0 Å². The Balaban J connectivity index is 1.58. The van der Waals surface area contributed by atoms with Crippen LogP contribution in [0.3, 0.4) is 0 Å². The molecule has 1 aliphatic heterocycles. The van der Waals surface area contributed by atoms with E-state index in [2.05, 4.69) is 43.8 Å². The lowest BCUT2D eigenvalue weighted by atomic mass is 10.1. The molecule has 0 aromatic carbocycles. The van der Waals surface area contributed by atoms with Crippen LogP contribution in [0.4, 0.5) is 0 Å². The maximum absolute atomic E-state index is 4.56. The lowest BCUT2D eigenvalue weighted by molar-refractivity contribution is 0.325. The van der Waals surface area contributed by atoms with Crippen LogP contribution < -0.4 is 0 Å². The monoisotopic (exact) mass is 286 g/mol. The Hall–Kier alpha value is -1.79. The lowest BCUT2D eigenvalue weighted by Crippen LogP contribution is -2.20. The van der Waals surface area contributed by atoms with Crippen molar-refractivity contribution in [3.8, 4) is 0 Å². The SMILES string of the molecule is CN(C)Cc1cnc([C@@H]2CCN(Cc3cncnc3)C2)[nH]1. The minimum atomic E-state index is 0.505. The van der Waals surface area contributed by atoms with Crippen LogP contribution in [0.5, 0.6) is 0 Å². The summed E-state index contributed by atoms with van der Waals surface area (Å²) in [4.78, 5) is 20.8. The highest BCUT2D eigenvalue weighted by Crippen LogP contribution is 2.26. The highest BCUT2D eigenvalue weighted by Gasteiger charge is 2.26. The Morgan fingerprint density at radius 3 is 2.86 bits per heavy atom. The Bertz CT molecular complexity index is 565. The predicted octanol–water partition coefficient (Wildman–Crippen LogP) is 1.25. The molecular weight excluding hydrogens is 264 g/mol. The number of likely N-dealkylation sites (tertiary alicyclic amines) is 1. The van der Waals surface area contributed by atoms with Crippen molar-refractivity contribution < 1.29 is 0 Å². The minimum Gasteiger partial charge on any atom is -0.345 e. The van der Waals surface area contributed by atoms with Crippen molar-refractivity contribution in [1.82, 2.24) is 29.7 Å². The Morgan fingerprint density at radius 2 is 2.10 bits per heavy atom. The van der Waals surface area contributed by atoms with E-state index >= 15 is 0 Å². The van der Waals surface area contributed by atoms with Gasteiger partial charge in [0, 0.05) is 55.4 Å². The second-order valence-corrected chi connectivity index (χ2v) is 6.00. The molecule has 0 spiro atoms. The molecule has 0 bridgehead atoms. The fourth-order valence-corrected chi connectivity index (χ4v) is 2.87. The molecule has 0 radical (unpaired) electrons. The van der Waals surface area contributed by atoms with Crippen molar-refractivity contribution in [2.24, 2.45) is 0 Å². The molecule has 1 fully saturated rings. The van der Waals surface area contributed by atoms with Gasteiger partial charge in [-0.05, 0) is 27.1 Å². The van der Waals surface area contributed by atoms with E-state index in [9.17, 15) is 0 Å². The smallest absolute Gasteiger partial charge is 0.115 e. The summed E-state index contributed by atoms with van der Waals surface area (Å²) in [5, 5.41) is 0. The normalized spacial score (nSPS) is 19.5. The van der Waals surface area contributed by atoms with Gasteiger partial charge in [0.05, 0.1) is 0 Å². The van der Waals surface area contributed by atoms with Gasteiger partial charge in [0.1, 0.15) is 12.2 Å². The maximum Gasteiger partial charge on any atom is 0.115 e. The third-order valence-electron chi connectivity index (χ3n) is 3.81. The van der Waals surface area contributed by atoms with Crippen LogP contribution >= 0.6 is 0 Å². The molecule has 6 heteroatoms. The number of hydrogen-bond donors (Lipinski definition) is 1. The molecule has 2 aromatic heterocycles. The molecule has 0 unspecified atom stereocenters. The molecule has 1 aliphatic rings. The van der Waals surface area contributed by atoms with Crippen LogP contribution in [0.1, 0.15) is 29.4 Å². The van der Waals surface area contributed by atoms with E-state index in [-0.39, 0.29) is 0 Å². The fraction of sp³-hybridized carbons (Fsp3) is 0.533. The number of aromatic amines is 1. The van der Waals surface area contributed by atoms with Crippen LogP contribution in [-0.2, 0) is 13.1 Å². The van der Waals surface area contributed by atoms with Gasteiger partial charge in [-0.1, -0.05) is 0 Å². The number of rotatable bonds is 5. The number of H-pyrrole nitrogens is 1. The highest BCUT2D eigenvalue weighted by atomic mass is 15.2. The zero-order valence-corrected chi connectivity index (χ0v) is 12.7. The number of nitrogens with one attached hydrogen (secondary N) is 1. The molecule has 1 atom stereocenters. The lowest BCUT2D eigenvalue weighted by Gasteiger charge is -2.14. The van der Waals surface area contributed by atoms with Gasteiger partial charge in [-0.3, -0.25) is 4.90 Å². The molecule has 112 valence electrons. The van der Waals surface area contributed by atoms with Crippen molar-refractivity contribution >= 4 is 0 Å². The van der Waals surface area contributed by atoms with Crippen LogP contribution in [-0.4, -0.2) is 56.9 Å². The quantitative estimate of drug-likeness (QED) is 0.896. The Kier molecular flexibility index (Phi) is 4.26. The van der Waals surface area contributed by atoms with E-state index in [4.69, 9.17) is 0 Å². The molecule has 3 heterocycles. The fourth-order valence-electron chi connectivity index (χ4n) is 2.87. The van der Waals surface area contributed by atoms with Crippen LogP contribution in [0.15, 0.2) is 24.9 Å². The summed E-state index contributed by atoms with van der Waals surface area (Å²) in [7, 11) is 4.14. The standard InChI is InChI=1S/C15H22N6/c1-20(2)10-14-7-18-15(19-14)13-3-4-21(9-13)8-12-5-16-11-17-6-12/h5-7,11,13H,3-4,8-10H2,1-2H3,(H,18,19)/t13-/m1/s1. The molecule has 6 nitrogen and oxygen atoms in total. The molecule has 1 N–H and O–H groups in total. The number of hydrogen-bond acceptors (Lipinski definition) is 5. The first kappa shape index (κ1) is 14.2. The molecule has 3 rings (SSSR count). The molecule has 0 amide bonds. The van der Waals surface area contributed by atoms with Gasteiger partial charge < -0.3 is 9.88 Å². The zero-order valence-electron chi connectivity index (χ0n) is 12.7. The summed E-state index contributed by atoms with van der Waals surface area (Å²) in [5.74, 6) is 1.63. The summed E-state index contributed by atoms with van der Waals surface area (Å²) >= 11 is 0. The van der Waals surface area contributed by atoms with Crippen LogP contribution in [0.25, 0.3) is 0 Å². The van der Waals surface area contributed by atoms with E-state index < -0.39 is 0 Å². The van der Waals surface area contributed by atoms with Crippen molar-refractivity contribution in [3.63, 3.8) is 0 Å². The van der Waals surface area contributed by atoms with E-state index in [0.717, 1.165) is 38.4 Å². The topological polar surface area (TPSA) is 60.9 Å². The van der Waals surface area contributed by atoms with Crippen LogP contribution in [0, 0.1) is 0 Å². The average molecular weight is 286 g/mol. The van der Waals surface area contributed by atoms with Gasteiger partial charge >= 0.3 is 0 Å². The predicted molar refractivity (Wildman–Crippen MR) is 80.6 cm³/mol. The largest absolute Gasteiger partial charge is 0.345 e. The second kappa shape index (κ2) is 6.32. The average Bonchev–Trinajstić information content (AvgIpc) is 3.08. The van der Waals surface area contributed by atoms with Crippen molar-refractivity contribution in [2.75, 3.05) is 27.2 Å². The zero-order chi connectivity index (χ0) is 14.7. The van der Waals surface area contributed by atoms with Crippen molar-refractivity contribution in [1.29, 1.82) is 0 Å². The van der Waals surface area contributed by atoms with E-state index in [0.29, 0.717) is 5.92 Å². The van der Waals surface area contributed by atoms with E-state index in [1.165, 1.54) is 11.3 Å².